The highest BCUT2D eigenvalue weighted by Gasteiger charge is 2.08. The standard InChI is InChI=1S/C9H16N2O3/c1-6(2)8(13)4-11-9(14)5-10-7(3)12/h6H,4-5H2,1-3H3,(H,10,12)(H,11,14). The van der Waals surface area contributed by atoms with Gasteiger partial charge < -0.3 is 10.6 Å². The van der Waals surface area contributed by atoms with Gasteiger partial charge in [-0.3, -0.25) is 14.4 Å². The second-order valence-electron chi connectivity index (χ2n) is 3.31. The van der Waals surface area contributed by atoms with Gasteiger partial charge in [-0.05, 0) is 0 Å². The Morgan fingerprint density at radius 3 is 2.07 bits per heavy atom. The van der Waals surface area contributed by atoms with Crippen molar-refractivity contribution < 1.29 is 14.4 Å². The molecule has 80 valence electrons. The molecule has 0 spiro atoms. The first-order valence-electron chi connectivity index (χ1n) is 4.47. The van der Waals surface area contributed by atoms with Gasteiger partial charge in [-0.2, -0.15) is 0 Å². The van der Waals surface area contributed by atoms with Crippen molar-refractivity contribution in [3.8, 4) is 0 Å². The van der Waals surface area contributed by atoms with E-state index in [-0.39, 0.29) is 36.6 Å². The molecular formula is C9H16N2O3. The van der Waals surface area contributed by atoms with E-state index in [1.807, 2.05) is 0 Å². The molecule has 0 aliphatic heterocycles. The Balaban J connectivity index is 3.64. The van der Waals surface area contributed by atoms with Crippen molar-refractivity contribution >= 4 is 17.6 Å². The largest absolute Gasteiger partial charge is 0.347 e. The number of ketones is 1. The third-order valence-electron chi connectivity index (χ3n) is 1.60. The Morgan fingerprint density at radius 1 is 1.07 bits per heavy atom. The molecular weight excluding hydrogens is 184 g/mol. The van der Waals surface area contributed by atoms with Gasteiger partial charge in [0, 0.05) is 12.8 Å². The van der Waals surface area contributed by atoms with Crippen molar-refractivity contribution in [3.05, 3.63) is 0 Å². The summed E-state index contributed by atoms with van der Waals surface area (Å²) in [6.45, 7) is 4.80. The predicted molar refractivity (Wildman–Crippen MR) is 51.5 cm³/mol. The average Bonchev–Trinajstić information content (AvgIpc) is 2.10. The molecule has 14 heavy (non-hydrogen) atoms. The van der Waals surface area contributed by atoms with Gasteiger partial charge >= 0.3 is 0 Å². The van der Waals surface area contributed by atoms with Crippen LogP contribution in [-0.4, -0.2) is 30.7 Å². The smallest absolute Gasteiger partial charge is 0.239 e. The maximum Gasteiger partial charge on any atom is 0.239 e. The summed E-state index contributed by atoms with van der Waals surface area (Å²) in [6.07, 6.45) is 0. The molecule has 0 bridgehead atoms. The van der Waals surface area contributed by atoms with Crippen LogP contribution in [-0.2, 0) is 14.4 Å². The number of carbonyl (C=O) groups is 3. The number of rotatable bonds is 5. The lowest BCUT2D eigenvalue weighted by Gasteiger charge is -2.06. The summed E-state index contributed by atoms with van der Waals surface area (Å²) in [6, 6.07) is 0. The van der Waals surface area contributed by atoms with Crippen LogP contribution in [0.3, 0.4) is 0 Å². The molecule has 0 radical (unpaired) electrons. The lowest BCUT2D eigenvalue weighted by Crippen LogP contribution is -2.39. The molecule has 0 aromatic rings. The van der Waals surface area contributed by atoms with E-state index in [1.54, 1.807) is 13.8 Å². The Hall–Kier alpha value is -1.39. The van der Waals surface area contributed by atoms with Crippen molar-refractivity contribution in [1.29, 1.82) is 0 Å². The second kappa shape index (κ2) is 6.12. The second-order valence-corrected chi connectivity index (χ2v) is 3.31. The van der Waals surface area contributed by atoms with E-state index < -0.39 is 0 Å². The van der Waals surface area contributed by atoms with Crippen LogP contribution in [0.25, 0.3) is 0 Å². The third kappa shape index (κ3) is 6.16. The normalized spacial score (nSPS) is 9.71. The Labute approximate surface area is 83.2 Å². The van der Waals surface area contributed by atoms with Gasteiger partial charge in [0.05, 0.1) is 13.1 Å². The van der Waals surface area contributed by atoms with Gasteiger partial charge in [-0.1, -0.05) is 13.8 Å². The molecule has 0 heterocycles. The van der Waals surface area contributed by atoms with Gasteiger partial charge in [0.1, 0.15) is 0 Å². The van der Waals surface area contributed by atoms with Crippen molar-refractivity contribution in [2.75, 3.05) is 13.1 Å². The zero-order valence-electron chi connectivity index (χ0n) is 8.72. The monoisotopic (exact) mass is 200 g/mol. The Morgan fingerprint density at radius 2 is 1.64 bits per heavy atom. The first-order valence-corrected chi connectivity index (χ1v) is 4.47. The summed E-state index contributed by atoms with van der Waals surface area (Å²) >= 11 is 0. The molecule has 5 heteroatoms. The van der Waals surface area contributed by atoms with Crippen LogP contribution in [0.5, 0.6) is 0 Å². The van der Waals surface area contributed by atoms with Crippen molar-refractivity contribution in [3.63, 3.8) is 0 Å². The number of amides is 2. The molecule has 0 rings (SSSR count). The van der Waals surface area contributed by atoms with E-state index in [1.165, 1.54) is 6.92 Å². The van der Waals surface area contributed by atoms with E-state index in [4.69, 9.17) is 0 Å². The maximum atomic E-state index is 11.1. The lowest BCUT2D eigenvalue weighted by atomic mass is 10.1. The minimum atomic E-state index is -0.353. The summed E-state index contributed by atoms with van der Waals surface area (Å²) in [4.78, 5) is 32.5. The van der Waals surface area contributed by atoms with Gasteiger partial charge in [0.2, 0.25) is 11.8 Å². The summed E-state index contributed by atoms with van der Waals surface area (Å²) in [5, 5.41) is 4.75. The maximum absolute atomic E-state index is 11.1. The minimum absolute atomic E-state index is 0.0239. The highest BCUT2D eigenvalue weighted by atomic mass is 16.2. The fourth-order valence-corrected chi connectivity index (χ4v) is 0.657. The highest BCUT2D eigenvalue weighted by molar-refractivity contribution is 5.89. The van der Waals surface area contributed by atoms with E-state index in [0.717, 1.165) is 0 Å². The molecule has 0 atom stereocenters. The van der Waals surface area contributed by atoms with Gasteiger partial charge in [-0.15, -0.1) is 0 Å². The Bertz CT molecular complexity index is 236. The van der Waals surface area contributed by atoms with E-state index in [0.29, 0.717) is 0 Å². The number of carbonyl (C=O) groups excluding carboxylic acids is 3. The van der Waals surface area contributed by atoms with Crippen molar-refractivity contribution in [2.45, 2.75) is 20.8 Å². The average molecular weight is 200 g/mol. The first kappa shape index (κ1) is 12.6. The van der Waals surface area contributed by atoms with E-state index >= 15 is 0 Å². The number of nitrogens with one attached hydrogen (secondary N) is 2. The fourth-order valence-electron chi connectivity index (χ4n) is 0.657. The lowest BCUT2D eigenvalue weighted by molar-refractivity contribution is -0.127. The quantitative estimate of drug-likeness (QED) is 0.626. The molecule has 0 saturated heterocycles. The molecule has 5 nitrogen and oxygen atoms in total. The van der Waals surface area contributed by atoms with Crippen LogP contribution in [0.1, 0.15) is 20.8 Å². The number of Topliss-reactive ketones (excluding diaryl/α,β-unsaturated/α-hetero) is 1. The van der Waals surface area contributed by atoms with Crippen LogP contribution < -0.4 is 10.6 Å². The molecule has 0 saturated carbocycles. The van der Waals surface area contributed by atoms with Gasteiger partial charge in [-0.25, -0.2) is 0 Å². The Kier molecular flexibility index (Phi) is 5.52. The highest BCUT2D eigenvalue weighted by Crippen LogP contribution is 1.91. The molecule has 0 aromatic carbocycles. The van der Waals surface area contributed by atoms with E-state index in [2.05, 4.69) is 10.6 Å². The number of hydrogen-bond acceptors (Lipinski definition) is 3. The third-order valence-corrected chi connectivity index (χ3v) is 1.60. The molecule has 0 aliphatic rings. The molecule has 2 amide bonds. The number of hydrogen-bond donors (Lipinski definition) is 2. The predicted octanol–water partition coefficient (Wildman–Crippen LogP) is -0.536. The van der Waals surface area contributed by atoms with Crippen molar-refractivity contribution in [2.24, 2.45) is 5.92 Å². The fraction of sp³-hybridized carbons (Fsp3) is 0.667. The molecule has 0 aromatic heterocycles. The van der Waals surface area contributed by atoms with Crippen LogP contribution >= 0.6 is 0 Å². The molecule has 0 aliphatic carbocycles. The minimum Gasteiger partial charge on any atom is -0.347 e. The topological polar surface area (TPSA) is 75.3 Å². The van der Waals surface area contributed by atoms with E-state index in [9.17, 15) is 14.4 Å². The van der Waals surface area contributed by atoms with Crippen LogP contribution in [0.4, 0.5) is 0 Å². The molecule has 0 unspecified atom stereocenters. The molecule has 2 N–H and O–H groups in total. The zero-order chi connectivity index (χ0) is 11.1. The van der Waals surface area contributed by atoms with Crippen LogP contribution in [0.15, 0.2) is 0 Å². The first-order chi connectivity index (χ1) is 6.43. The van der Waals surface area contributed by atoms with Gasteiger partial charge in [0.15, 0.2) is 5.78 Å². The van der Waals surface area contributed by atoms with Crippen LogP contribution in [0.2, 0.25) is 0 Å². The SMILES string of the molecule is CC(=O)NCC(=O)NCC(=O)C(C)C. The summed E-state index contributed by atoms with van der Waals surface area (Å²) < 4.78 is 0. The van der Waals surface area contributed by atoms with Gasteiger partial charge in [0.25, 0.3) is 0 Å². The summed E-state index contributed by atoms with van der Waals surface area (Å²) in [7, 11) is 0. The summed E-state index contributed by atoms with van der Waals surface area (Å²) in [5.41, 5.74) is 0. The zero-order valence-corrected chi connectivity index (χ0v) is 8.72. The van der Waals surface area contributed by atoms with Crippen molar-refractivity contribution in [1.82, 2.24) is 10.6 Å². The van der Waals surface area contributed by atoms with Crippen LogP contribution in [0, 0.1) is 5.92 Å². The summed E-state index contributed by atoms with van der Waals surface area (Å²) in [5.74, 6) is -0.734. The molecule has 0 fully saturated rings.